The van der Waals surface area contributed by atoms with Crippen molar-refractivity contribution in [2.24, 2.45) is 0 Å². The van der Waals surface area contributed by atoms with Gasteiger partial charge in [-0.15, -0.1) is 0 Å². The van der Waals surface area contributed by atoms with Crippen molar-refractivity contribution in [3.05, 3.63) is 71.8 Å². The lowest BCUT2D eigenvalue weighted by Gasteiger charge is -2.19. The van der Waals surface area contributed by atoms with Crippen LogP contribution in [0.5, 0.6) is 5.75 Å². The zero-order valence-corrected chi connectivity index (χ0v) is 18.1. The minimum atomic E-state index is -0.633. The van der Waals surface area contributed by atoms with E-state index >= 15 is 0 Å². The fourth-order valence-corrected chi connectivity index (χ4v) is 4.17. The second-order valence-electron chi connectivity index (χ2n) is 7.95. The smallest absolute Gasteiger partial charge is 0.254 e. The first kappa shape index (κ1) is 20.9. The molecule has 0 fully saturated rings. The number of nitrogens with one attached hydrogen (secondary N) is 1. The minimum absolute atomic E-state index is 0.112. The van der Waals surface area contributed by atoms with Gasteiger partial charge in [0, 0.05) is 23.6 Å². The lowest BCUT2D eigenvalue weighted by Crippen LogP contribution is -2.38. The van der Waals surface area contributed by atoms with E-state index in [1.807, 2.05) is 36.4 Å². The third-order valence-electron chi connectivity index (χ3n) is 5.70. The summed E-state index contributed by atoms with van der Waals surface area (Å²) in [4.78, 5) is 26.6. The number of nitrogens with zero attached hydrogens (tertiary/aromatic N) is 1. The SMILES string of the molecule is CCCCc1ccc2c(c1)[C@H](NC(C)=O)C(=O)N2CCOc1cccc2ccccc12. The molecule has 0 saturated carbocycles. The number of carbonyl (C=O) groups is 2. The van der Waals surface area contributed by atoms with E-state index < -0.39 is 6.04 Å². The van der Waals surface area contributed by atoms with Gasteiger partial charge >= 0.3 is 0 Å². The molecule has 1 heterocycles. The summed E-state index contributed by atoms with van der Waals surface area (Å²) in [5.74, 6) is 0.481. The molecule has 1 aliphatic rings. The molecule has 5 nitrogen and oxygen atoms in total. The van der Waals surface area contributed by atoms with Gasteiger partial charge in [-0.25, -0.2) is 0 Å². The lowest BCUT2D eigenvalue weighted by atomic mass is 10.0. The van der Waals surface area contributed by atoms with Gasteiger partial charge in [-0.05, 0) is 35.9 Å². The molecular weight excluding hydrogens is 388 g/mol. The molecule has 5 heteroatoms. The highest BCUT2D eigenvalue weighted by atomic mass is 16.5. The van der Waals surface area contributed by atoms with Crippen LogP contribution in [-0.4, -0.2) is 25.0 Å². The van der Waals surface area contributed by atoms with E-state index in [9.17, 15) is 9.59 Å². The summed E-state index contributed by atoms with van der Waals surface area (Å²) in [6.45, 7) is 4.39. The molecule has 0 saturated heterocycles. The molecule has 2 amide bonds. The van der Waals surface area contributed by atoms with Crippen LogP contribution < -0.4 is 15.0 Å². The molecule has 3 aromatic rings. The number of carbonyl (C=O) groups excluding carboxylic acids is 2. The molecule has 0 aliphatic carbocycles. The number of hydrogen-bond acceptors (Lipinski definition) is 3. The molecular formula is C26H28N2O3. The molecule has 31 heavy (non-hydrogen) atoms. The van der Waals surface area contributed by atoms with Gasteiger partial charge in [0.15, 0.2) is 0 Å². The molecule has 0 spiro atoms. The van der Waals surface area contributed by atoms with E-state index in [-0.39, 0.29) is 11.8 Å². The van der Waals surface area contributed by atoms with Crippen molar-refractivity contribution in [1.82, 2.24) is 5.32 Å². The maximum absolute atomic E-state index is 13.1. The topological polar surface area (TPSA) is 58.6 Å². The third kappa shape index (κ3) is 4.41. The van der Waals surface area contributed by atoms with E-state index in [1.54, 1.807) is 4.90 Å². The number of aryl methyl sites for hydroxylation is 1. The summed E-state index contributed by atoms with van der Waals surface area (Å²) in [7, 11) is 0. The van der Waals surface area contributed by atoms with Crippen LogP contribution in [0.4, 0.5) is 5.69 Å². The van der Waals surface area contributed by atoms with Crippen LogP contribution in [-0.2, 0) is 16.0 Å². The Balaban J connectivity index is 1.53. The molecule has 1 aliphatic heterocycles. The number of amides is 2. The third-order valence-corrected chi connectivity index (χ3v) is 5.70. The van der Waals surface area contributed by atoms with Gasteiger partial charge in [-0.2, -0.15) is 0 Å². The van der Waals surface area contributed by atoms with Crippen molar-refractivity contribution in [2.75, 3.05) is 18.1 Å². The van der Waals surface area contributed by atoms with E-state index in [2.05, 4.69) is 36.5 Å². The molecule has 1 atom stereocenters. The Kier molecular flexibility index (Phi) is 6.21. The number of unbranched alkanes of at least 4 members (excludes halogenated alkanes) is 1. The predicted octanol–water partition coefficient (Wildman–Crippen LogP) is 4.79. The quantitative estimate of drug-likeness (QED) is 0.575. The van der Waals surface area contributed by atoms with Crippen molar-refractivity contribution >= 4 is 28.3 Å². The van der Waals surface area contributed by atoms with Crippen LogP contribution in [0.25, 0.3) is 10.8 Å². The molecule has 0 bridgehead atoms. The number of anilines is 1. The Bertz CT molecular complexity index is 1100. The van der Waals surface area contributed by atoms with E-state index in [0.29, 0.717) is 13.2 Å². The van der Waals surface area contributed by atoms with Crippen LogP contribution in [0, 0.1) is 0 Å². The van der Waals surface area contributed by atoms with Crippen LogP contribution in [0.2, 0.25) is 0 Å². The zero-order valence-electron chi connectivity index (χ0n) is 18.1. The zero-order chi connectivity index (χ0) is 21.8. The Morgan fingerprint density at radius 3 is 2.71 bits per heavy atom. The Morgan fingerprint density at radius 2 is 1.90 bits per heavy atom. The summed E-state index contributed by atoms with van der Waals surface area (Å²) < 4.78 is 6.06. The van der Waals surface area contributed by atoms with E-state index in [1.165, 1.54) is 12.5 Å². The highest BCUT2D eigenvalue weighted by molar-refractivity contribution is 6.06. The number of benzene rings is 3. The molecule has 0 radical (unpaired) electrons. The number of hydrogen-bond donors (Lipinski definition) is 1. The van der Waals surface area contributed by atoms with Crippen LogP contribution >= 0.6 is 0 Å². The number of fused-ring (bicyclic) bond motifs is 2. The van der Waals surface area contributed by atoms with Crippen molar-refractivity contribution in [2.45, 2.75) is 39.2 Å². The average molecular weight is 417 g/mol. The highest BCUT2D eigenvalue weighted by Crippen LogP contribution is 2.37. The Labute approximate surface area is 183 Å². The van der Waals surface area contributed by atoms with E-state index in [0.717, 1.165) is 47.0 Å². The second kappa shape index (κ2) is 9.21. The first-order chi connectivity index (χ1) is 15.1. The molecule has 0 unspecified atom stereocenters. The van der Waals surface area contributed by atoms with Gasteiger partial charge in [-0.3, -0.25) is 9.59 Å². The summed E-state index contributed by atoms with van der Waals surface area (Å²) in [6, 6.07) is 19.6. The van der Waals surface area contributed by atoms with Gasteiger partial charge in [0.2, 0.25) is 5.91 Å². The maximum Gasteiger partial charge on any atom is 0.254 e. The lowest BCUT2D eigenvalue weighted by molar-refractivity contribution is -0.126. The van der Waals surface area contributed by atoms with Gasteiger partial charge in [0.25, 0.3) is 5.91 Å². The normalized spacial score (nSPS) is 15.2. The molecule has 1 N–H and O–H groups in total. The van der Waals surface area contributed by atoms with E-state index in [4.69, 9.17) is 4.74 Å². The summed E-state index contributed by atoms with van der Waals surface area (Å²) in [5.41, 5.74) is 2.92. The first-order valence-electron chi connectivity index (χ1n) is 10.9. The van der Waals surface area contributed by atoms with Crippen molar-refractivity contribution in [3.63, 3.8) is 0 Å². The predicted molar refractivity (Wildman–Crippen MR) is 123 cm³/mol. The fourth-order valence-electron chi connectivity index (χ4n) is 4.17. The number of rotatable bonds is 8. The monoisotopic (exact) mass is 416 g/mol. The first-order valence-corrected chi connectivity index (χ1v) is 10.9. The maximum atomic E-state index is 13.1. The minimum Gasteiger partial charge on any atom is -0.491 e. The summed E-state index contributed by atoms with van der Waals surface area (Å²) in [5, 5.41) is 4.99. The van der Waals surface area contributed by atoms with Gasteiger partial charge in [0.05, 0.1) is 6.54 Å². The van der Waals surface area contributed by atoms with Crippen molar-refractivity contribution < 1.29 is 14.3 Å². The summed E-state index contributed by atoms with van der Waals surface area (Å²) >= 11 is 0. The van der Waals surface area contributed by atoms with Crippen LogP contribution in [0.1, 0.15) is 43.9 Å². The largest absolute Gasteiger partial charge is 0.491 e. The van der Waals surface area contributed by atoms with Gasteiger partial charge < -0.3 is 15.0 Å². The fraction of sp³-hybridized carbons (Fsp3) is 0.308. The highest BCUT2D eigenvalue weighted by Gasteiger charge is 2.37. The summed E-state index contributed by atoms with van der Waals surface area (Å²) in [6.07, 6.45) is 3.18. The molecule has 4 rings (SSSR count). The molecule has 3 aromatic carbocycles. The van der Waals surface area contributed by atoms with Crippen LogP contribution in [0.3, 0.4) is 0 Å². The molecule has 160 valence electrons. The van der Waals surface area contributed by atoms with Crippen molar-refractivity contribution in [1.29, 1.82) is 0 Å². The van der Waals surface area contributed by atoms with Gasteiger partial charge in [-0.1, -0.05) is 61.9 Å². The Morgan fingerprint density at radius 1 is 1.10 bits per heavy atom. The second-order valence-corrected chi connectivity index (χ2v) is 7.95. The standard InChI is InChI=1S/C26H28N2O3/c1-3-4-8-19-13-14-23-22(17-19)25(27-18(2)29)26(30)28(23)15-16-31-24-12-7-10-20-9-5-6-11-21(20)24/h5-7,9-14,17,25H,3-4,8,15-16H2,1-2H3,(H,27,29)/t25-/m0/s1. The number of ether oxygens (including phenoxy) is 1. The van der Waals surface area contributed by atoms with Gasteiger partial charge in [0.1, 0.15) is 18.4 Å². The van der Waals surface area contributed by atoms with Crippen molar-refractivity contribution in [3.8, 4) is 5.75 Å². The van der Waals surface area contributed by atoms with Crippen LogP contribution in [0.15, 0.2) is 60.7 Å². The molecule has 0 aromatic heterocycles. The Hall–Kier alpha value is -3.34. The average Bonchev–Trinajstić information content (AvgIpc) is 3.03.